The van der Waals surface area contributed by atoms with Crippen molar-refractivity contribution in [1.29, 1.82) is 0 Å². The second-order valence-corrected chi connectivity index (χ2v) is 5.03. The first-order valence-corrected chi connectivity index (χ1v) is 6.86. The number of methoxy groups -OCH3 is 1. The Labute approximate surface area is 123 Å². The average Bonchev–Trinajstić information content (AvgIpc) is 2.47. The van der Waals surface area contributed by atoms with E-state index in [4.69, 9.17) is 14.6 Å². The monoisotopic (exact) mass is 293 g/mol. The SMILES string of the molecule is COc1cc(C(=O)O)ccc1NC(=O)C1CCCOC1C. The highest BCUT2D eigenvalue weighted by molar-refractivity contribution is 5.96. The van der Waals surface area contributed by atoms with Crippen molar-refractivity contribution in [1.82, 2.24) is 0 Å². The van der Waals surface area contributed by atoms with E-state index in [1.54, 1.807) is 0 Å². The number of hydrogen-bond acceptors (Lipinski definition) is 4. The third kappa shape index (κ3) is 3.52. The molecule has 0 bridgehead atoms. The molecule has 0 aromatic heterocycles. The number of benzene rings is 1. The lowest BCUT2D eigenvalue weighted by Gasteiger charge is -2.28. The van der Waals surface area contributed by atoms with Crippen molar-refractivity contribution >= 4 is 17.6 Å². The Morgan fingerprint density at radius 3 is 2.81 bits per heavy atom. The molecular formula is C15H19NO5. The van der Waals surface area contributed by atoms with E-state index in [9.17, 15) is 9.59 Å². The molecule has 0 spiro atoms. The number of aromatic carboxylic acids is 1. The van der Waals surface area contributed by atoms with Gasteiger partial charge in [0.2, 0.25) is 5.91 Å². The van der Waals surface area contributed by atoms with Crippen molar-refractivity contribution in [2.24, 2.45) is 5.92 Å². The molecule has 0 radical (unpaired) electrons. The van der Waals surface area contributed by atoms with Crippen LogP contribution in [0.4, 0.5) is 5.69 Å². The zero-order chi connectivity index (χ0) is 15.4. The summed E-state index contributed by atoms with van der Waals surface area (Å²) in [5.41, 5.74) is 0.574. The van der Waals surface area contributed by atoms with Crippen LogP contribution in [0.3, 0.4) is 0 Å². The molecule has 114 valence electrons. The third-order valence-corrected chi connectivity index (χ3v) is 3.65. The lowest BCUT2D eigenvalue weighted by atomic mass is 9.94. The van der Waals surface area contributed by atoms with E-state index in [-0.39, 0.29) is 23.5 Å². The van der Waals surface area contributed by atoms with Gasteiger partial charge in [-0.25, -0.2) is 4.79 Å². The van der Waals surface area contributed by atoms with Gasteiger partial charge in [0.25, 0.3) is 0 Å². The second kappa shape index (κ2) is 6.58. The predicted octanol–water partition coefficient (Wildman–Crippen LogP) is 2.15. The minimum absolute atomic E-state index is 0.110. The Balaban J connectivity index is 2.14. The maximum Gasteiger partial charge on any atom is 0.335 e. The molecule has 21 heavy (non-hydrogen) atoms. The van der Waals surface area contributed by atoms with Crippen LogP contribution in [0.25, 0.3) is 0 Å². The Hall–Kier alpha value is -2.08. The number of ether oxygens (including phenoxy) is 2. The molecule has 1 aliphatic heterocycles. The lowest BCUT2D eigenvalue weighted by molar-refractivity contribution is -0.127. The maximum absolute atomic E-state index is 12.3. The van der Waals surface area contributed by atoms with Crippen LogP contribution in [0.15, 0.2) is 18.2 Å². The fourth-order valence-electron chi connectivity index (χ4n) is 2.42. The van der Waals surface area contributed by atoms with E-state index in [2.05, 4.69) is 5.32 Å². The van der Waals surface area contributed by atoms with Gasteiger partial charge in [0.05, 0.1) is 30.4 Å². The minimum atomic E-state index is -1.04. The summed E-state index contributed by atoms with van der Waals surface area (Å²) >= 11 is 0. The highest BCUT2D eigenvalue weighted by Crippen LogP contribution is 2.28. The van der Waals surface area contributed by atoms with E-state index in [0.717, 1.165) is 12.8 Å². The van der Waals surface area contributed by atoms with E-state index in [0.29, 0.717) is 18.0 Å². The Morgan fingerprint density at radius 1 is 1.43 bits per heavy atom. The van der Waals surface area contributed by atoms with E-state index in [1.165, 1.54) is 25.3 Å². The van der Waals surface area contributed by atoms with Crippen LogP contribution in [0.1, 0.15) is 30.1 Å². The van der Waals surface area contributed by atoms with Gasteiger partial charge in [-0.1, -0.05) is 0 Å². The van der Waals surface area contributed by atoms with Gasteiger partial charge in [-0.05, 0) is 38.0 Å². The number of rotatable bonds is 4. The average molecular weight is 293 g/mol. The Morgan fingerprint density at radius 2 is 2.19 bits per heavy atom. The first-order valence-electron chi connectivity index (χ1n) is 6.86. The zero-order valence-electron chi connectivity index (χ0n) is 12.1. The number of amides is 1. The van der Waals surface area contributed by atoms with Crippen LogP contribution in [-0.4, -0.2) is 36.8 Å². The third-order valence-electron chi connectivity index (χ3n) is 3.65. The Bertz CT molecular complexity index is 543. The molecule has 0 saturated carbocycles. The maximum atomic E-state index is 12.3. The summed E-state index contributed by atoms with van der Waals surface area (Å²) in [5, 5.41) is 11.7. The molecule has 2 N–H and O–H groups in total. The van der Waals surface area contributed by atoms with Crippen LogP contribution >= 0.6 is 0 Å². The summed E-state index contributed by atoms with van der Waals surface area (Å²) in [6.45, 7) is 2.57. The smallest absolute Gasteiger partial charge is 0.335 e. The summed E-state index contributed by atoms with van der Waals surface area (Å²) in [6.07, 6.45) is 1.52. The fraction of sp³-hybridized carbons (Fsp3) is 0.467. The lowest BCUT2D eigenvalue weighted by Crippen LogP contribution is -2.36. The Kier molecular flexibility index (Phi) is 4.80. The summed E-state index contributed by atoms with van der Waals surface area (Å²) < 4.78 is 10.6. The van der Waals surface area contributed by atoms with Gasteiger partial charge in [0.15, 0.2) is 0 Å². The molecule has 2 unspecified atom stereocenters. The van der Waals surface area contributed by atoms with Gasteiger partial charge in [-0.15, -0.1) is 0 Å². The molecule has 1 aromatic rings. The van der Waals surface area contributed by atoms with E-state index in [1.807, 2.05) is 6.92 Å². The van der Waals surface area contributed by atoms with Crippen LogP contribution in [0.2, 0.25) is 0 Å². The first-order chi connectivity index (χ1) is 10.0. The predicted molar refractivity (Wildman–Crippen MR) is 76.7 cm³/mol. The highest BCUT2D eigenvalue weighted by atomic mass is 16.5. The number of carboxylic acid groups (broad SMARTS) is 1. The topological polar surface area (TPSA) is 84.9 Å². The van der Waals surface area contributed by atoms with Gasteiger partial charge in [-0.2, -0.15) is 0 Å². The van der Waals surface area contributed by atoms with Gasteiger partial charge in [0.1, 0.15) is 5.75 Å². The van der Waals surface area contributed by atoms with Crippen molar-refractivity contribution in [3.05, 3.63) is 23.8 Å². The minimum Gasteiger partial charge on any atom is -0.495 e. The number of nitrogens with one attached hydrogen (secondary N) is 1. The standard InChI is InChI=1S/C15H19NO5/c1-9-11(4-3-7-21-9)14(17)16-12-6-5-10(15(18)19)8-13(12)20-2/h5-6,8-9,11H,3-4,7H2,1-2H3,(H,16,17)(H,18,19). The summed E-state index contributed by atoms with van der Waals surface area (Å²) in [5.74, 6) is -1.06. The summed E-state index contributed by atoms with van der Waals surface area (Å²) in [6, 6.07) is 4.36. The molecule has 0 aliphatic carbocycles. The van der Waals surface area contributed by atoms with Gasteiger partial charge < -0.3 is 19.9 Å². The van der Waals surface area contributed by atoms with E-state index < -0.39 is 5.97 Å². The summed E-state index contributed by atoms with van der Waals surface area (Å²) in [4.78, 5) is 23.2. The normalized spacial score (nSPS) is 21.6. The number of hydrogen-bond donors (Lipinski definition) is 2. The second-order valence-electron chi connectivity index (χ2n) is 5.03. The van der Waals surface area contributed by atoms with Crippen LogP contribution in [0.5, 0.6) is 5.75 Å². The van der Waals surface area contributed by atoms with Crippen molar-refractivity contribution in [2.75, 3.05) is 19.0 Å². The number of carbonyl (C=O) groups excluding carboxylic acids is 1. The highest BCUT2D eigenvalue weighted by Gasteiger charge is 2.29. The zero-order valence-corrected chi connectivity index (χ0v) is 12.1. The van der Waals surface area contributed by atoms with Crippen LogP contribution < -0.4 is 10.1 Å². The quantitative estimate of drug-likeness (QED) is 0.888. The van der Waals surface area contributed by atoms with Crippen molar-refractivity contribution < 1.29 is 24.2 Å². The van der Waals surface area contributed by atoms with Crippen molar-refractivity contribution in [2.45, 2.75) is 25.9 Å². The molecule has 1 fully saturated rings. The van der Waals surface area contributed by atoms with Crippen LogP contribution in [-0.2, 0) is 9.53 Å². The van der Waals surface area contributed by atoms with Crippen molar-refractivity contribution in [3.8, 4) is 5.75 Å². The fourth-order valence-corrected chi connectivity index (χ4v) is 2.42. The number of carboxylic acids is 1. The van der Waals surface area contributed by atoms with Gasteiger partial charge in [0, 0.05) is 6.61 Å². The summed E-state index contributed by atoms with van der Waals surface area (Å²) in [7, 11) is 1.43. The largest absolute Gasteiger partial charge is 0.495 e. The molecule has 6 nitrogen and oxygen atoms in total. The van der Waals surface area contributed by atoms with E-state index >= 15 is 0 Å². The van der Waals surface area contributed by atoms with Gasteiger partial charge in [-0.3, -0.25) is 4.79 Å². The molecule has 1 aliphatic rings. The molecule has 2 atom stereocenters. The number of carbonyl (C=O) groups is 2. The molecule has 1 aromatic carbocycles. The molecule has 2 rings (SSSR count). The number of anilines is 1. The van der Waals surface area contributed by atoms with Crippen LogP contribution in [0, 0.1) is 5.92 Å². The molecule has 1 heterocycles. The van der Waals surface area contributed by atoms with Gasteiger partial charge >= 0.3 is 5.97 Å². The molecule has 6 heteroatoms. The molecule has 1 amide bonds. The molecular weight excluding hydrogens is 274 g/mol. The first kappa shape index (κ1) is 15.3. The van der Waals surface area contributed by atoms with Crippen molar-refractivity contribution in [3.63, 3.8) is 0 Å². The molecule has 1 saturated heterocycles.